The van der Waals surface area contributed by atoms with Gasteiger partial charge in [0.25, 0.3) is 5.69 Å². The molecule has 0 unspecified atom stereocenters. The molecule has 2 rings (SSSR count). The Labute approximate surface area is 132 Å². The molecular formula is C17H12N2O4. The van der Waals surface area contributed by atoms with Crippen LogP contribution in [0.4, 0.5) is 5.69 Å². The first kappa shape index (κ1) is 15.9. The second kappa shape index (κ2) is 7.00. The number of benzene rings is 2. The Hall–Kier alpha value is -3.46. The fourth-order valence-corrected chi connectivity index (χ4v) is 1.93. The van der Waals surface area contributed by atoms with Gasteiger partial charge in [-0.2, -0.15) is 5.26 Å². The number of rotatable bonds is 5. The zero-order valence-corrected chi connectivity index (χ0v) is 12.2. The molecule has 0 aliphatic rings. The number of allylic oxidation sites excluding steroid dienone is 1. The Morgan fingerprint density at radius 2 is 1.96 bits per heavy atom. The van der Waals surface area contributed by atoms with Gasteiger partial charge in [-0.05, 0) is 35.9 Å². The van der Waals surface area contributed by atoms with Crippen molar-refractivity contribution in [3.05, 3.63) is 75.3 Å². The fraction of sp³-hybridized carbons (Fsp3) is 0.0588. The number of nitriles is 1. The minimum absolute atomic E-state index is 0.0558. The molecule has 0 saturated heterocycles. The fourth-order valence-electron chi connectivity index (χ4n) is 1.93. The number of ketones is 1. The van der Waals surface area contributed by atoms with Crippen molar-refractivity contribution in [2.75, 3.05) is 7.11 Å². The van der Waals surface area contributed by atoms with Crippen molar-refractivity contribution >= 4 is 17.5 Å². The highest BCUT2D eigenvalue weighted by Gasteiger charge is 2.13. The number of carbonyl (C=O) groups excluding carboxylic acids is 1. The first-order chi connectivity index (χ1) is 11.0. The quantitative estimate of drug-likeness (QED) is 0.277. The van der Waals surface area contributed by atoms with Gasteiger partial charge in [0.1, 0.15) is 17.4 Å². The summed E-state index contributed by atoms with van der Waals surface area (Å²) >= 11 is 0. The van der Waals surface area contributed by atoms with Crippen molar-refractivity contribution in [2.24, 2.45) is 0 Å². The minimum atomic E-state index is -0.514. The zero-order chi connectivity index (χ0) is 16.8. The lowest BCUT2D eigenvalue weighted by atomic mass is 10.0. The maximum atomic E-state index is 12.4. The van der Waals surface area contributed by atoms with Gasteiger partial charge < -0.3 is 4.74 Å². The Morgan fingerprint density at radius 1 is 1.26 bits per heavy atom. The number of non-ortho nitro benzene ring substituents is 1. The van der Waals surface area contributed by atoms with E-state index in [1.807, 2.05) is 6.07 Å². The van der Waals surface area contributed by atoms with Crippen LogP contribution in [0.2, 0.25) is 0 Å². The SMILES string of the molecule is COc1cccc(C(=O)C(C#N)=Cc2ccc([N+](=O)[O-])cc2)c1. The largest absolute Gasteiger partial charge is 0.497 e. The molecule has 0 aliphatic carbocycles. The highest BCUT2D eigenvalue weighted by atomic mass is 16.6. The molecule has 0 atom stereocenters. The van der Waals surface area contributed by atoms with Gasteiger partial charge in [0, 0.05) is 17.7 Å². The number of carbonyl (C=O) groups is 1. The van der Waals surface area contributed by atoms with Crippen molar-refractivity contribution in [1.82, 2.24) is 0 Å². The number of hydrogen-bond donors (Lipinski definition) is 0. The summed E-state index contributed by atoms with van der Waals surface area (Å²) in [5.74, 6) is 0.0771. The van der Waals surface area contributed by atoms with Crippen molar-refractivity contribution in [3.8, 4) is 11.8 Å². The number of nitro benzene ring substituents is 1. The lowest BCUT2D eigenvalue weighted by molar-refractivity contribution is -0.384. The van der Waals surface area contributed by atoms with Gasteiger partial charge in [0.05, 0.1) is 12.0 Å². The van der Waals surface area contributed by atoms with E-state index in [2.05, 4.69) is 0 Å². The van der Waals surface area contributed by atoms with E-state index in [4.69, 9.17) is 4.74 Å². The molecule has 0 aromatic heterocycles. The lowest BCUT2D eigenvalue weighted by Gasteiger charge is -2.03. The first-order valence-corrected chi connectivity index (χ1v) is 6.60. The van der Waals surface area contributed by atoms with Crippen molar-refractivity contribution in [3.63, 3.8) is 0 Å². The molecule has 6 nitrogen and oxygen atoms in total. The molecule has 0 N–H and O–H groups in total. The van der Waals surface area contributed by atoms with E-state index in [1.54, 1.807) is 24.3 Å². The lowest BCUT2D eigenvalue weighted by Crippen LogP contribution is -2.02. The van der Waals surface area contributed by atoms with Gasteiger partial charge in [0.15, 0.2) is 0 Å². The molecule has 0 amide bonds. The molecule has 23 heavy (non-hydrogen) atoms. The smallest absolute Gasteiger partial charge is 0.269 e. The number of nitro groups is 1. The van der Waals surface area contributed by atoms with Crippen LogP contribution in [0.3, 0.4) is 0 Å². The summed E-state index contributed by atoms with van der Waals surface area (Å²) in [6.07, 6.45) is 1.39. The molecule has 0 fully saturated rings. The van der Waals surface area contributed by atoms with Gasteiger partial charge in [-0.15, -0.1) is 0 Å². The molecule has 114 valence electrons. The van der Waals surface area contributed by atoms with Gasteiger partial charge in [0.2, 0.25) is 5.78 Å². The minimum Gasteiger partial charge on any atom is -0.497 e. The summed E-state index contributed by atoms with van der Waals surface area (Å²) in [4.78, 5) is 22.5. The average Bonchev–Trinajstić information content (AvgIpc) is 2.59. The van der Waals surface area contributed by atoms with Gasteiger partial charge >= 0.3 is 0 Å². The first-order valence-electron chi connectivity index (χ1n) is 6.60. The van der Waals surface area contributed by atoms with E-state index < -0.39 is 10.7 Å². The van der Waals surface area contributed by atoms with E-state index in [1.165, 1.54) is 37.5 Å². The summed E-state index contributed by atoms with van der Waals surface area (Å²) < 4.78 is 5.05. The maximum Gasteiger partial charge on any atom is 0.269 e. The molecule has 2 aromatic rings. The van der Waals surface area contributed by atoms with E-state index in [0.717, 1.165) is 0 Å². The highest BCUT2D eigenvalue weighted by Crippen LogP contribution is 2.19. The molecule has 0 saturated carbocycles. The molecule has 0 aliphatic heterocycles. The van der Waals surface area contributed by atoms with Crippen molar-refractivity contribution in [1.29, 1.82) is 5.26 Å². The monoisotopic (exact) mass is 308 g/mol. The summed E-state index contributed by atoms with van der Waals surface area (Å²) in [5.41, 5.74) is 0.745. The van der Waals surface area contributed by atoms with Crippen LogP contribution in [0.15, 0.2) is 54.1 Å². The molecular weight excluding hydrogens is 296 g/mol. The Balaban J connectivity index is 2.32. The van der Waals surface area contributed by atoms with Crippen LogP contribution in [0.1, 0.15) is 15.9 Å². The molecule has 2 aromatic carbocycles. The number of Topliss-reactive ketones (excluding diaryl/α,β-unsaturated/α-hetero) is 1. The second-order valence-corrected chi connectivity index (χ2v) is 4.58. The zero-order valence-electron chi connectivity index (χ0n) is 12.2. The predicted molar refractivity (Wildman–Crippen MR) is 84.0 cm³/mol. The third-order valence-corrected chi connectivity index (χ3v) is 3.11. The Kier molecular flexibility index (Phi) is 4.85. The van der Waals surface area contributed by atoms with Gasteiger partial charge in [-0.1, -0.05) is 12.1 Å². The Morgan fingerprint density at radius 3 is 2.52 bits per heavy atom. The van der Waals surface area contributed by atoms with Crippen LogP contribution in [0.5, 0.6) is 5.75 Å². The Bertz CT molecular complexity index is 817. The summed E-state index contributed by atoms with van der Waals surface area (Å²) in [7, 11) is 1.49. The average molecular weight is 308 g/mol. The third kappa shape index (κ3) is 3.80. The van der Waals surface area contributed by atoms with Gasteiger partial charge in [-0.3, -0.25) is 14.9 Å². The maximum absolute atomic E-state index is 12.4. The van der Waals surface area contributed by atoms with Crippen LogP contribution in [-0.2, 0) is 0 Å². The summed E-state index contributed by atoms with van der Waals surface area (Å²) in [6.45, 7) is 0. The predicted octanol–water partition coefficient (Wildman–Crippen LogP) is 3.39. The molecule has 0 heterocycles. The van der Waals surface area contributed by atoms with Crippen molar-refractivity contribution in [2.45, 2.75) is 0 Å². The van der Waals surface area contributed by atoms with Gasteiger partial charge in [-0.25, -0.2) is 0 Å². The number of methoxy groups -OCH3 is 1. The molecule has 6 heteroatoms. The van der Waals surface area contributed by atoms with Crippen LogP contribution in [0.25, 0.3) is 6.08 Å². The summed E-state index contributed by atoms with van der Waals surface area (Å²) in [6, 6.07) is 13.9. The van der Waals surface area contributed by atoms with E-state index in [9.17, 15) is 20.2 Å². The molecule has 0 spiro atoms. The molecule has 0 radical (unpaired) electrons. The normalized spacial score (nSPS) is 10.7. The third-order valence-electron chi connectivity index (χ3n) is 3.11. The molecule has 0 bridgehead atoms. The van der Waals surface area contributed by atoms with Crippen molar-refractivity contribution < 1.29 is 14.5 Å². The number of ether oxygens (including phenoxy) is 1. The van der Waals surface area contributed by atoms with E-state index in [0.29, 0.717) is 16.9 Å². The van der Waals surface area contributed by atoms with Crippen LogP contribution in [0, 0.1) is 21.4 Å². The standard InChI is InChI=1S/C17H12N2O4/c1-23-16-4-2-3-13(10-16)17(20)14(11-18)9-12-5-7-15(8-6-12)19(21)22/h2-10H,1H3. The van der Waals surface area contributed by atoms with Crippen LogP contribution in [-0.4, -0.2) is 17.8 Å². The van der Waals surface area contributed by atoms with E-state index in [-0.39, 0.29) is 11.3 Å². The second-order valence-electron chi connectivity index (χ2n) is 4.58. The number of nitrogens with zero attached hydrogens (tertiary/aromatic N) is 2. The van der Waals surface area contributed by atoms with Crippen LogP contribution >= 0.6 is 0 Å². The number of hydrogen-bond acceptors (Lipinski definition) is 5. The summed E-state index contributed by atoms with van der Waals surface area (Å²) in [5, 5.41) is 19.8. The highest BCUT2D eigenvalue weighted by molar-refractivity contribution is 6.14. The van der Waals surface area contributed by atoms with Crippen LogP contribution < -0.4 is 4.74 Å². The topological polar surface area (TPSA) is 93.2 Å². The van der Waals surface area contributed by atoms with E-state index >= 15 is 0 Å².